The van der Waals surface area contributed by atoms with E-state index in [4.69, 9.17) is 14.6 Å². The quantitative estimate of drug-likeness (QED) is 0.614. The van der Waals surface area contributed by atoms with Crippen LogP contribution in [-0.4, -0.2) is 24.3 Å². The summed E-state index contributed by atoms with van der Waals surface area (Å²) in [5, 5.41) is 12.6. The molecule has 162 valence electrons. The number of carboxylic acid groups (broad SMARTS) is 1. The Balaban J connectivity index is 1.34. The van der Waals surface area contributed by atoms with Crippen molar-refractivity contribution in [2.24, 2.45) is 5.92 Å². The Bertz CT molecular complexity index is 993. The highest BCUT2D eigenvalue weighted by molar-refractivity contribution is 5.70. The third kappa shape index (κ3) is 5.29. The fraction of sp³-hybridized carbons (Fsp3) is 0.346. The highest BCUT2D eigenvalue weighted by Crippen LogP contribution is 2.34. The molecule has 31 heavy (non-hydrogen) atoms. The van der Waals surface area contributed by atoms with Crippen LogP contribution in [0.4, 0.5) is 0 Å². The average molecular weight is 420 g/mol. The molecule has 5 nitrogen and oxygen atoms in total. The van der Waals surface area contributed by atoms with Gasteiger partial charge in [-0.2, -0.15) is 0 Å². The topological polar surface area (TPSA) is 67.8 Å². The van der Waals surface area contributed by atoms with Crippen molar-refractivity contribution in [1.82, 2.24) is 5.32 Å². The van der Waals surface area contributed by atoms with Crippen molar-refractivity contribution < 1.29 is 19.4 Å². The van der Waals surface area contributed by atoms with Gasteiger partial charge in [0, 0.05) is 17.3 Å². The van der Waals surface area contributed by atoms with Gasteiger partial charge in [-0.1, -0.05) is 48.9 Å². The molecule has 2 aromatic rings. The van der Waals surface area contributed by atoms with Crippen LogP contribution in [0.25, 0.3) is 0 Å². The summed E-state index contributed by atoms with van der Waals surface area (Å²) in [7, 11) is 0. The number of aliphatic carboxylic acids is 1. The maximum atomic E-state index is 11.1. The lowest BCUT2D eigenvalue weighted by Gasteiger charge is -2.23. The number of benzene rings is 2. The molecule has 0 fully saturated rings. The van der Waals surface area contributed by atoms with Crippen molar-refractivity contribution in [2.75, 3.05) is 13.2 Å². The standard InChI is InChI=1S/C26H29NO4/c1-17-11-19(14-26(28)29)13-22(12-17)27-18(2)20-7-9-23(10-8-20)30-15-21-16-31-25-6-4-3-5-24(21)25/h3-10,12-13,17-18,21,27H,11,14-16H2,1-2H3,(H,28,29)/t17?,18?,21-/m1/s1. The molecule has 3 atom stereocenters. The van der Waals surface area contributed by atoms with E-state index in [1.165, 1.54) is 5.56 Å². The normalized spacial score (nSPS) is 20.7. The van der Waals surface area contributed by atoms with E-state index in [-0.39, 0.29) is 18.4 Å². The fourth-order valence-electron chi connectivity index (χ4n) is 4.26. The first-order chi connectivity index (χ1) is 15.0. The minimum atomic E-state index is -0.781. The molecule has 0 spiro atoms. The second-order valence-electron chi connectivity index (χ2n) is 8.47. The number of para-hydroxylation sites is 1. The molecular formula is C26H29NO4. The molecule has 0 aromatic heterocycles. The van der Waals surface area contributed by atoms with Gasteiger partial charge >= 0.3 is 5.97 Å². The van der Waals surface area contributed by atoms with Crippen LogP contribution in [0, 0.1) is 5.92 Å². The second-order valence-corrected chi connectivity index (χ2v) is 8.47. The second kappa shape index (κ2) is 9.29. The van der Waals surface area contributed by atoms with Gasteiger partial charge in [-0.15, -0.1) is 0 Å². The van der Waals surface area contributed by atoms with E-state index >= 15 is 0 Å². The summed E-state index contributed by atoms with van der Waals surface area (Å²) in [6, 6.07) is 16.4. The lowest BCUT2D eigenvalue weighted by Crippen LogP contribution is -2.20. The van der Waals surface area contributed by atoms with Crippen LogP contribution in [0.3, 0.4) is 0 Å². The van der Waals surface area contributed by atoms with Gasteiger partial charge in [0.15, 0.2) is 0 Å². The summed E-state index contributed by atoms with van der Waals surface area (Å²) in [6.07, 6.45) is 5.04. The third-order valence-electron chi connectivity index (χ3n) is 5.80. The van der Waals surface area contributed by atoms with Crippen molar-refractivity contribution >= 4 is 5.97 Å². The van der Waals surface area contributed by atoms with E-state index in [9.17, 15) is 4.79 Å². The van der Waals surface area contributed by atoms with Crippen molar-refractivity contribution in [3.63, 3.8) is 0 Å². The van der Waals surface area contributed by atoms with Gasteiger partial charge in [-0.3, -0.25) is 4.79 Å². The van der Waals surface area contributed by atoms with Gasteiger partial charge < -0.3 is 19.9 Å². The van der Waals surface area contributed by atoms with Gasteiger partial charge in [0.25, 0.3) is 0 Å². The van der Waals surface area contributed by atoms with Crippen LogP contribution in [0.15, 0.2) is 72.0 Å². The van der Waals surface area contributed by atoms with Crippen molar-refractivity contribution in [1.29, 1.82) is 0 Å². The number of ether oxygens (including phenoxy) is 2. The first-order valence-electron chi connectivity index (χ1n) is 10.8. The summed E-state index contributed by atoms with van der Waals surface area (Å²) >= 11 is 0. The molecular weight excluding hydrogens is 390 g/mol. The van der Waals surface area contributed by atoms with Gasteiger partial charge in [0.2, 0.25) is 0 Å². The minimum Gasteiger partial charge on any atom is -0.493 e. The number of nitrogens with one attached hydrogen (secondary N) is 1. The zero-order valence-corrected chi connectivity index (χ0v) is 18.0. The third-order valence-corrected chi connectivity index (χ3v) is 5.80. The molecule has 2 aromatic carbocycles. The number of rotatable bonds is 8. The number of allylic oxidation sites excluding steroid dienone is 2. The van der Waals surface area contributed by atoms with Crippen LogP contribution in [0.5, 0.6) is 11.5 Å². The molecule has 1 heterocycles. The maximum absolute atomic E-state index is 11.1. The van der Waals surface area contributed by atoms with E-state index in [1.807, 2.05) is 36.4 Å². The maximum Gasteiger partial charge on any atom is 0.307 e. The molecule has 4 rings (SSSR count). The van der Waals surface area contributed by atoms with E-state index in [1.54, 1.807) is 0 Å². The van der Waals surface area contributed by atoms with Gasteiger partial charge in [-0.05, 0) is 49.1 Å². The van der Waals surface area contributed by atoms with Crippen LogP contribution >= 0.6 is 0 Å². The summed E-state index contributed by atoms with van der Waals surface area (Å²) in [5.74, 6) is 1.60. The van der Waals surface area contributed by atoms with E-state index in [0.717, 1.165) is 34.8 Å². The molecule has 2 N–H and O–H groups in total. The molecule has 1 aliphatic carbocycles. The minimum absolute atomic E-state index is 0.0975. The highest BCUT2D eigenvalue weighted by atomic mass is 16.5. The van der Waals surface area contributed by atoms with E-state index in [2.05, 4.69) is 43.4 Å². The Morgan fingerprint density at radius 3 is 2.77 bits per heavy atom. The Kier molecular flexibility index (Phi) is 6.31. The largest absolute Gasteiger partial charge is 0.493 e. The molecule has 2 unspecified atom stereocenters. The highest BCUT2D eigenvalue weighted by Gasteiger charge is 2.24. The summed E-state index contributed by atoms with van der Waals surface area (Å²) in [4.78, 5) is 11.1. The molecule has 2 aliphatic rings. The lowest BCUT2D eigenvalue weighted by molar-refractivity contribution is -0.136. The summed E-state index contributed by atoms with van der Waals surface area (Å²) < 4.78 is 11.7. The molecule has 0 amide bonds. The number of carbonyl (C=O) groups is 1. The van der Waals surface area contributed by atoms with Gasteiger partial charge in [0.05, 0.1) is 25.6 Å². The molecule has 0 saturated heterocycles. The Morgan fingerprint density at radius 1 is 1.23 bits per heavy atom. The first kappa shape index (κ1) is 21.0. The van der Waals surface area contributed by atoms with Crippen molar-refractivity contribution in [3.05, 3.63) is 83.1 Å². The zero-order valence-electron chi connectivity index (χ0n) is 18.0. The smallest absolute Gasteiger partial charge is 0.307 e. The average Bonchev–Trinajstić information content (AvgIpc) is 3.15. The van der Waals surface area contributed by atoms with Crippen LogP contribution in [0.1, 0.15) is 49.8 Å². The predicted molar refractivity (Wildman–Crippen MR) is 120 cm³/mol. The number of carboxylic acids is 1. The monoisotopic (exact) mass is 419 g/mol. The zero-order chi connectivity index (χ0) is 21.8. The van der Waals surface area contributed by atoms with Crippen LogP contribution in [-0.2, 0) is 4.79 Å². The van der Waals surface area contributed by atoms with Gasteiger partial charge in [0.1, 0.15) is 11.5 Å². The predicted octanol–water partition coefficient (Wildman–Crippen LogP) is 5.22. The van der Waals surface area contributed by atoms with Crippen molar-refractivity contribution in [2.45, 2.75) is 38.6 Å². The van der Waals surface area contributed by atoms with Crippen LogP contribution in [0.2, 0.25) is 0 Å². The van der Waals surface area contributed by atoms with Crippen LogP contribution < -0.4 is 14.8 Å². The Morgan fingerprint density at radius 2 is 2.00 bits per heavy atom. The summed E-state index contributed by atoms with van der Waals surface area (Å²) in [6.45, 7) is 5.46. The fourth-order valence-corrected chi connectivity index (χ4v) is 4.26. The van der Waals surface area contributed by atoms with Crippen molar-refractivity contribution in [3.8, 4) is 11.5 Å². The number of hydrogen-bond acceptors (Lipinski definition) is 4. The Hall–Kier alpha value is -3.21. The number of fused-ring (bicyclic) bond motifs is 1. The van der Waals surface area contributed by atoms with E-state index in [0.29, 0.717) is 19.1 Å². The molecule has 1 aliphatic heterocycles. The molecule has 0 saturated carbocycles. The first-order valence-corrected chi connectivity index (χ1v) is 10.8. The summed E-state index contributed by atoms with van der Waals surface area (Å²) in [5.41, 5.74) is 4.30. The Labute approximate surface area is 183 Å². The number of hydrogen-bond donors (Lipinski definition) is 2. The lowest BCUT2D eigenvalue weighted by atomic mass is 9.92. The van der Waals surface area contributed by atoms with Gasteiger partial charge in [-0.25, -0.2) is 0 Å². The molecule has 5 heteroatoms. The van der Waals surface area contributed by atoms with E-state index < -0.39 is 5.97 Å². The SMILES string of the molecule is CC1C=C(NC(C)c2ccc(OC[C@@H]3COc4ccccc43)cc2)C=C(CC(=O)O)C1. The molecule has 0 radical (unpaired) electrons. The molecule has 0 bridgehead atoms.